The van der Waals surface area contributed by atoms with E-state index in [0.717, 1.165) is 21.3 Å². The zero-order valence-electron chi connectivity index (χ0n) is 18.3. The summed E-state index contributed by atoms with van der Waals surface area (Å²) in [6, 6.07) is 12.8. The SMILES string of the molecule is O=C(CN1CCN(C(=O)c2sc3cc(Cl)ccc3c2Cl)CC1)Nc1nc(-c2ccc(Cl)cc2)cs1. The average molecular weight is 566 g/mol. The number of fused-ring (bicyclic) bond motifs is 1. The molecule has 0 unspecified atom stereocenters. The van der Waals surface area contributed by atoms with E-state index in [-0.39, 0.29) is 18.4 Å². The number of nitrogens with zero attached hydrogens (tertiary/aromatic N) is 3. The van der Waals surface area contributed by atoms with E-state index in [4.69, 9.17) is 34.8 Å². The monoisotopic (exact) mass is 564 g/mol. The first-order valence-electron chi connectivity index (χ1n) is 10.8. The Bertz CT molecular complexity index is 1400. The second-order valence-corrected chi connectivity index (χ2v) is 11.2. The molecule has 1 aliphatic rings. The van der Waals surface area contributed by atoms with Gasteiger partial charge in [-0.1, -0.05) is 53.0 Å². The second kappa shape index (κ2) is 10.4. The van der Waals surface area contributed by atoms with Gasteiger partial charge in [-0.15, -0.1) is 22.7 Å². The van der Waals surface area contributed by atoms with Crippen LogP contribution in [-0.2, 0) is 4.79 Å². The maximum Gasteiger partial charge on any atom is 0.265 e. The molecule has 0 radical (unpaired) electrons. The lowest BCUT2D eigenvalue weighted by Crippen LogP contribution is -2.50. The van der Waals surface area contributed by atoms with Gasteiger partial charge < -0.3 is 10.2 Å². The third kappa shape index (κ3) is 5.48. The van der Waals surface area contributed by atoms with Crippen LogP contribution in [0, 0.1) is 0 Å². The van der Waals surface area contributed by atoms with E-state index in [1.807, 2.05) is 46.7 Å². The summed E-state index contributed by atoms with van der Waals surface area (Å²) >= 11 is 21.2. The van der Waals surface area contributed by atoms with Crippen molar-refractivity contribution in [1.82, 2.24) is 14.8 Å². The molecule has 5 rings (SSSR count). The third-order valence-electron chi connectivity index (χ3n) is 5.70. The summed E-state index contributed by atoms with van der Waals surface area (Å²) in [5.41, 5.74) is 1.73. The van der Waals surface area contributed by atoms with Crippen molar-refractivity contribution in [2.75, 3.05) is 38.0 Å². The number of benzene rings is 2. The number of carbonyl (C=O) groups excluding carboxylic acids is 2. The summed E-state index contributed by atoms with van der Waals surface area (Å²) in [5, 5.41) is 7.90. The van der Waals surface area contributed by atoms with Gasteiger partial charge in [0.1, 0.15) is 4.88 Å². The number of halogens is 3. The molecule has 0 saturated carbocycles. The van der Waals surface area contributed by atoms with Gasteiger partial charge in [-0.25, -0.2) is 4.98 Å². The molecule has 11 heteroatoms. The van der Waals surface area contributed by atoms with Crippen molar-refractivity contribution < 1.29 is 9.59 Å². The van der Waals surface area contributed by atoms with Crippen molar-refractivity contribution in [3.63, 3.8) is 0 Å². The minimum Gasteiger partial charge on any atom is -0.335 e. The average Bonchev–Trinajstić information content (AvgIpc) is 3.43. The Morgan fingerprint density at radius 3 is 2.43 bits per heavy atom. The Kier molecular flexibility index (Phi) is 7.29. The molecule has 0 bridgehead atoms. The number of amides is 2. The molecule has 1 fully saturated rings. The lowest BCUT2D eigenvalue weighted by molar-refractivity contribution is -0.117. The molecule has 2 aromatic heterocycles. The summed E-state index contributed by atoms with van der Waals surface area (Å²) in [5.74, 6) is -0.222. The van der Waals surface area contributed by atoms with E-state index in [9.17, 15) is 9.59 Å². The molecule has 4 aromatic rings. The summed E-state index contributed by atoms with van der Waals surface area (Å²) < 4.78 is 0.891. The highest BCUT2D eigenvalue weighted by molar-refractivity contribution is 7.21. The highest BCUT2D eigenvalue weighted by Crippen LogP contribution is 2.37. The van der Waals surface area contributed by atoms with Crippen LogP contribution < -0.4 is 5.32 Å². The lowest BCUT2D eigenvalue weighted by atomic mass is 10.2. The highest BCUT2D eigenvalue weighted by Gasteiger charge is 2.27. The summed E-state index contributed by atoms with van der Waals surface area (Å²) in [7, 11) is 0. The molecule has 0 spiro atoms. The molecule has 0 aliphatic carbocycles. The van der Waals surface area contributed by atoms with Gasteiger partial charge in [-0.05, 0) is 24.3 Å². The predicted octanol–water partition coefficient (Wildman–Crippen LogP) is 6.38. The van der Waals surface area contributed by atoms with E-state index < -0.39 is 0 Å². The molecule has 35 heavy (non-hydrogen) atoms. The molecule has 1 N–H and O–H groups in total. The number of aromatic nitrogens is 1. The molecule has 180 valence electrons. The molecule has 0 atom stereocenters. The van der Waals surface area contributed by atoms with Gasteiger partial charge >= 0.3 is 0 Å². The Labute approximate surface area is 225 Å². The standard InChI is InChI=1S/C24H19Cl3N4O2S2/c25-15-3-1-14(2-4-15)18-13-34-24(28-18)29-20(32)12-30-7-9-31(10-8-30)23(33)22-21(27)17-6-5-16(26)11-19(17)35-22/h1-6,11,13H,7-10,12H2,(H,28,29,32). The normalized spacial score (nSPS) is 14.4. The summed E-state index contributed by atoms with van der Waals surface area (Å²) in [4.78, 5) is 34.5. The number of piperazine rings is 1. The van der Waals surface area contributed by atoms with E-state index >= 15 is 0 Å². The second-order valence-electron chi connectivity index (χ2n) is 8.05. The van der Waals surface area contributed by atoms with E-state index in [1.165, 1.54) is 22.7 Å². The number of anilines is 1. The van der Waals surface area contributed by atoms with Gasteiger partial charge in [0.25, 0.3) is 5.91 Å². The topological polar surface area (TPSA) is 65.5 Å². The Morgan fingerprint density at radius 1 is 0.971 bits per heavy atom. The van der Waals surface area contributed by atoms with Crippen molar-refractivity contribution in [2.45, 2.75) is 0 Å². The summed E-state index contributed by atoms with van der Waals surface area (Å²) in [6.45, 7) is 2.48. The first-order valence-corrected chi connectivity index (χ1v) is 13.6. The molecular formula is C24H19Cl3N4O2S2. The van der Waals surface area contributed by atoms with Gasteiger partial charge in [-0.3, -0.25) is 14.5 Å². The first-order chi connectivity index (χ1) is 16.9. The lowest BCUT2D eigenvalue weighted by Gasteiger charge is -2.34. The third-order valence-corrected chi connectivity index (χ3v) is 8.59. The predicted molar refractivity (Wildman–Crippen MR) is 145 cm³/mol. The molecule has 1 saturated heterocycles. The molecule has 2 aromatic carbocycles. The van der Waals surface area contributed by atoms with Gasteiger partial charge in [0.05, 0.1) is 17.3 Å². The summed E-state index contributed by atoms with van der Waals surface area (Å²) in [6.07, 6.45) is 0. The molecule has 1 aliphatic heterocycles. The fraction of sp³-hybridized carbons (Fsp3) is 0.208. The van der Waals surface area contributed by atoms with E-state index in [1.54, 1.807) is 11.0 Å². The quantitative estimate of drug-likeness (QED) is 0.305. The van der Waals surface area contributed by atoms with Crippen LogP contribution in [0.4, 0.5) is 5.13 Å². The van der Waals surface area contributed by atoms with E-state index in [2.05, 4.69) is 10.3 Å². The molecule has 3 heterocycles. The smallest absolute Gasteiger partial charge is 0.265 e. The Balaban J connectivity index is 1.15. The number of nitrogens with one attached hydrogen (secondary N) is 1. The number of rotatable bonds is 5. The van der Waals surface area contributed by atoms with Crippen molar-refractivity contribution in [3.05, 3.63) is 67.8 Å². The number of thiazole rings is 1. The minimum absolute atomic E-state index is 0.0889. The number of thiophene rings is 1. The maximum atomic E-state index is 13.1. The number of hydrogen-bond acceptors (Lipinski definition) is 6. The van der Waals surface area contributed by atoms with Crippen molar-refractivity contribution >= 4 is 84.5 Å². The zero-order chi connectivity index (χ0) is 24.5. The van der Waals surface area contributed by atoms with Crippen LogP contribution >= 0.6 is 57.5 Å². The molecular weight excluding hydrogens is 547 g/mol. The number of carbonyl (C=O) groups is 2. The highest BCUT2D eigenvalue weighted by atomic mass is 35.5. The Hall–Kier alpha value is -2.20. The first kappa shape index (κ1) is 24.5. The van der Waals surface area contributed by atoms with Gasteiger partial charge in [0.2, 0.25) is 5.91 Å². The van der Waals surface area contributed by atoms with Crippen LogP contribution in [0.5, 0.6) is 0 Å². The maximum absolute atomic E-state index is 13.1. The minimum atomic E-state index is -0.133. The van der Waals surface area contributed by atoms with Crippen LogP contribution in [0.15, 0.2) is 47.8 Å². The van der Waals surface area contributed by atoms with Crippen LogP contribution in [0.3, 0.4) is 0 Å². The van der Waals surface area contributed by atoms with Gasteiger partial charge in [0.15, 0.2) is 5.13 Å². The van der Waals surface area contributed by atoms with Crippen LogP contribution in [0.25, 0.3) is 21.3 Å². The molecule has 6 nitrogen and oxygen atoms in total. The van der Waals surface area contributed by atoms with Crippen molar-refractivity contribution in [2.24, 2.45) is 0 Å². The van der Waals surface area contributed by atoms with Gasteiger partial charge in [-0.2, -0.15) is 0 Å². The fourth-order valence-electron chi connectivity index (χ4n) is 3.88. The number of hydrogen-bond donors (Lipinski definition) is 1. The van der Waals surface area contributed by atoms with Gasteiger partial charge in [0, 0.05) is 57.3 Å². The Morgan fingerprint density at radius 2 is 1.69 bits per heavy atom. The van der Waals surface area contributed by atoms with Crippen molar-refractivity contribution in [1.29, 1.82) is 0 Å². The largest absolute Gasteiger partial charge is 0.335 e. The van der Waals surface area contributed by atoms with Crippen LogP contribution in [0.2, 0.25) is 15.1 Å². The molecule has 2 amide bonds. The van der Waals surface area contributed by atoms with Crippen LogP contribution in [-0.4, -0.2) is 59.3 Å². The fourth-order valence-corrected chi connectivity index (χ4v) is 6.49. The van der Waals surface area contributed by atoms with Crippen molar-refractivity contribution in [3.8, 4) is 11.3 Å². The van der Waals surface area contributed by atoms with E-state index in [0.29, 0.717) is 51.3 Å². The van der Waals surface area contributed by atoms with Crippen LogP contribution in [0.1, 0.15) is 9.67 Å². The zero-order valence-corrected chi connectivity index (χ0v) is 22.2.